The predicted molar refractivity (Wildman–Crippen MR) is 137 cm³/mol. The van der Waals surface area contributed by atoms with Crippen LogP contribution in [0.5, 0.6) is 0 Å². The SMILES string of the molecule is Cc1ccc(S(=O)(=O)Nc2ccc(SC(C)C(=O)Nc3nc4ccc(C)cc4s3)cc2)cc1. The lowest BCUT2D eigenvalue weighted by Crippen LogP contribution is -2.22. The number of hydrogen-bond donors (Lipinski definition) is 2. The Morgan fingerprint density at radius 2 is 1.64 bits per heavy atom. The molecular weight excluding hydrogens is 474 g/mol. The van der Waals surface area contributed by atoms with Crippen LogP contribution in [0.25, 0.3) is 10.2 Å². The Hall–Kier alpha value is -2.88. The number of rotatable bonds is 7. The van der Waals surface area contributed by atoms with Gasteiger partial charge in [-0.3, -0.25) is 9.52 Å². The van der Waals surface area contributed by atoms with Crippen molar-refractivity contribution in [2.45, 2.75) is 35.8 Å². The third-order valence-corrected chi connectivity index (χ3v) is 8.34. The van der Waals surface area contributed by atoms with Gasteiger partial charge in [-0.25, -0.2) is 13.4 Å². The molecule has 170 valence electrons. The number of benzene rings is 3. The number of thiazole rings is 1. The Bertz CT molecular complexity index is 1400. The zero-order valence-electron chi connectivity index (χ0n) is 18.3. The fourth-order valence-corrected chi connectivity index (χ4v) is 5.98. The third kappa shape index (κ3) is 5.73. The molecule has 4 rings (SSSR count). The fraction of sp³-hybridized carbons (Fsp3) is 0.167. The minimum absolute atomic E-state index is 0.139. The first-order chi connectivity index (χ1) is 15.7. The predicted octanol–water partition coefficient (Wildman–Crippen LogP) is 5.83. The molecule has 2 N–H and O–H groups in total. The Labute approximate surface area is 201 Å². The average molecular weight is 498 g/mol. The highest BCUT2D eigenvalue weighted by atomic mass is 32.2. The van der Waals surface area contributed by atoms with Crippen LogP contribution in [0.3, 0.4) is 0 Å². The van der Waals surface area contributed by atoms with E-state index in [2.05, 4.69) is 21.1 Å². The molecule has 3 aromatic carbocycles. The molecule has 0 saturated heterocycles. The van der Waals surface area contributed by atoms with Gasteiger partial charge < -0.3 is 5.32 Å². The minimum Gasteiger partial charge on any atom is -0.301 e. The molecule has 0 aliphatic rings. The number of hydrogen-bond acceptors (Lipinski definition) is 6. The number of aryl methyl sites for hydroxylation is 2. The molecule has 1 aromatic heterocycles. The first kappa shape index (κ1) is 23.3. The maximum Gasteiger partial charge on any atom is 0.261 e. The zero-order chi connectivity index (χ0) is 23.6. The molecule has 0 radical (unpaired) electrons. The van der Waals surface area contributed by atoms with Gasteiger partial charge in [0.25, 0.3) is 10.0 Å². The topological polar surface area (TPSA) is 88.2 Å². The van der Waals surface area contributed by atoms with E-state index in [0.717, 1.165) is 26.2 Å². The van der Waals surface area contributed by atoms with E-state index >= 15 is 0 Å². The van der Waals surface area contributed by atoms with Gasteiger partial charge in [-0.2, -0.15) is 0 Å². The van der Waals surface area contributed by atoms with E-state index in [1.807, 2.05) is 32.9 Å². The molecule has 0 fully saturated rings. The van der Waals surface area contributed by atoms with Crippen LogP contribution in [0.15, 0.2) is 76.5 Å². The summed E-state index contributed by atoms with van der Waals surface area (Å²) in [4.78, 5) is 18.2. The molecule has 9 heteroatoms. The quantitative estimate of drug-likeness (QED) is 0.314. The maximum atomic E-state index is 12.6. The van der Waals surface area contributed by atoms with Crippen molar-refractivity contribution in [1.82, 2.24) is 4.98 Å². The van der Waals surface area contributed by atoms with E-state index < -0.39 is 10.0 Å². The maximum absolute atomic E-state index is 12.6. The van der Waals surface area contributed by atoms with Crippen molar-refractivity contribution in [2.24, 2.45) is 0 Å². The summed E-state index contributed by atoms with van der Waals surface area (Å²) in [5, 5.41) is 3.12. The molecule has 1 heterocycles. The lowest BCUT2D eigenvalue weighted by atomic mass is 10.2. The molecule has 0 aliphatic carbocycles. The minimum atomic E-state index is -3.65. The highest BCUT2D eigenvalue weighted by Crippen LogP contribution is 2.29. The van der Waals surface area contributed by atoms with Crippen LogP contribution in [-0.4, -0.2) is 24.6 Å². The van der Waals surface area contributed by atoms with Crippen molar-refractivity contribution >= 4 is 60.1 Å². The van der Waals surface area contributed by atoms with E-state index in [1.165, 1.54) is 23.1 Å². The third-order valence-electron chi connectivity index (χ3n) is 4.89. The number of sulfonamides is 1. The molecule has 0 bridgehead atoms. The standard InChI is InChI=1S/C24H23N3O3S3/c1-15-4-11-20(12-5-15)33(29,30)27-18-7-9-19(10-8-18)31-17(3)23(28)26-24-25-21-13-6-16(2)14-22(21)32-24/h4-14,17,27H,1-3H3,(H,25,26,28). The van der Waals surface area contributed by atoms with Crippen LogP contribution in [0.2, 0.25) is 0 Å². The second-order valence-electron chi connectivity index (χ2n) is 7.68. The Morgan fingerprint density at radius 3 is 2.33 bits per heavy atom. The van der Waals surface area contributed by atoms with E-state index in [-0.39, 0.29) is 16.1 Å². The Balaban J connectivity index is 1.37. The summed E-state index contributed by atoms with van der Waals surface area (Å²) in [5.41, 5.74) is 3.47. The van der Waals surface area contributed by atoms with Crippen molar-refractivity contribution in [1.29, 1.82) is 0 Å². The molecule has 1 amide bonds. The van der Waals surface area contributed by atoms with Gasteiger partial charge in [0.2, 0.25) is 5.91 Å². The van der Waals surface area contributed by atoms with Crippen LogP contribution in [0.4, 0.5) is 10.8 Å². The van der Waals surface area contributed by atoms with Crippen molar-refractivity contribution < 1.29 is 13.2 Å². The van der Waals surface area contributed by atoms with Crippen LogP contribution in [0, 0.1) is 13.8 Å². The summed E-state index contributed by atoms with van der Waals surface area (Å²) in [6.07, 6.45) is 0. The van der Waals surface area contributed by atoms with Crippen LogP contribution in [0.1, 0.15) is 18.1 Å². The first-order valence-electron chi connectivity index (χ1n) is 10.2. The van der Waals surface area contributed by atoms with E-state index in [4.69, 9.17) is 0 Å². The molecule has 4 aromatic rings. The van der Waals surface area contributed by atoms with Gasteiger partial charge >= 0.3 is 0 Å². The molecule has 6 nitrogen and oxygen atoms in total. The van der Waals surface area contributed by atoms with Gasteiger partial charge in [0.05, 0.1) is 20.4 Å². The first-order valence-corrected chi connectivity index (χ1v) is 13.4. The number of nitrogens with one attached hydrogen (secondary N) is 2. The summed E-state index contributed by atoms with van der Waals surface area (Å²) < 4.78 is 28.7. The van der Waals surface area contributed by atoms with Gasteiger partial charge in [-0.1, -0.05) is 35.1 Å². The number of amides is 1. The lowest BCUT2D eigenvalue weighted by Gasteiger charge is -2.12. The number of nitrogens with zero attached hydrogens (tertiary/aromatic N) is 1. The van der Waals surface area contributed by atoms with Crippen molar-refractivity contribution in [2.75, 3.05) is 10.0 Å². The highest BCUT2D eigenvalue weighted by Gasteiger charge is 2.17. The number of thioether (sulfide) groups is 1. The average Bonchev–Trinajstić information content (AvgIpc) is 3.16. The normalized spacial score (nSPS) is 12.5. The van der Waals surface area contributed by atoms with E-state index in [9.17, 15) is 13.2 Å². The number of aromatic nitrogens is 1. The van der Waals surface area contributed by atoms with Crippen LogP contribution in [-0.2, 0) is 14.8 Å². The van der Waals surface area contributed by atoms with Gasteiger partial charge in [0.15, 0.2) is 5.13 Å². The van der Waals surface area contributed by atoms with Crippen molar-refractivity contribution in [3.8, 4) is 0 Å². The van der Waals surface area contributed by atoms with Crippen LogP contribution >= 0.6 is 23.1 Å². The molecule has 0 saturated carbocycles. The number of carbonyl (C=O) groups excluding carboxylic acids is 1. The summed E-state index contributed by atoms with van der Waals surface area (Å²) in [7, 11) is -3.65. The summed E-state index contributed by atoms with van der Waals surface area (Å²) in [5.74, 6) is -0.139. The van der Waals surface area contributed by atoms with Gasteiger partial charge in [-0.05, 0) is 74.9 Å². The highest BCUT2D eigenvalue weighted by molar-refractivity contribution is 8.00. The summed E-state index contributed by atoms with van der Waals surface area (Å²) >= 11 is 2.84. The summed E-state index contributed by atoms with van der Waals surface area (Å²) in [6, 6.07) is 19.6. The van der Waals surface area contributed by atoms with Crippen molar-refractivity contribution in [3.63, 3.8) is 0 Å². The second kappa shape index (κ2) is 9.54. The molecule has 33 heavy (non-hydrogen) atoms. The van der Waals surface area contributed by atoms with Crippen molar-refractivity contribution in [3.05, 3.63) is 77.9 Å². The monoisotopic (exact) mass is 497 g/mol. The van der Waals surface area contributed by atoms with E-state index in [0.29, 0.717) is 10.8 Å². The number of fused-ring (bicyclic) bond motifs is 1. The van der Waals surface area contributed by atoms with Gasteiger partial charge in [0.1, 0.15) is 0 Å². The molecule has 1 unspecified atom stereocenters. The lowest BCUT2D eigenvalue weighted by molar-refractivity contribution is -0.115. The number of carbonyl (C=O) groups is 1. The fourth-order valence-electron chi connectivity index (χ4n) is 3.08. The second-order valence-corrected chi connectivity index (χ2v) is 11.8. The Kier molecular flexibility index (Phi) is 6.73. The molecule has 0 spiro atoms. The van der Waals surface area contributed by atoms with Crippen LogP contribution < -0.4 is 10.0 Å². The Morgan fingerprint density at radius 1 is 0.970 bits per heavy atom. The zero-order valence-corrected chi connectivity index (χ0v) is 20.8. The van der Waals surface area contributed by atoms with Gasteiger partial charge in [0, 0.05) is 10.6 Å². The smallest absolute Gasteiger partial charge is 0.261 e. The number of anilines is 2. The molecular formula is C24H23N3O3S3. The largest absolute Gasteiger partial charge is 0.301 e. The molecule has 0 aliphatic heterocycles. The van der Waals surface area contributed by atoms with E-state index in [1.54, 1.807) is 48.5 Å². The molecule has 1 atom stereocenters. The summed E-state index contributed by atoms with van der Waals surface area (Å²) in [6.45, 7) is 5.75. The van der Waals surface area contributed by atoms with Gasteiger partial charge in [-0.15, -0.1) is 11.8 Å².